The summed E-state index contributed by atoms with van der Waals surface area (Å²) in [6.45, 7) is 0. The number of hydrogen-bond acceptors (Lipinski definition) is 6. The van der Waals surface area contributed by atoms with Crippen molar-refractivity contribution in [2.75, 3.05) is 14.2 Å². The molecule has 0 atom stereocenters. The summed E-state index contributed by atoms with van der Waals surface area (Å²) in [5, 5.41) is 14.8. The fourth-order valence-corrected chi connectivity index (χ4v) is 1.92. The first kappa shape index (κ1) is 16.9. The Morgan fingerprint density at radius 3 is 2.67 bits per heavy atom. The van der Waals surface area contributed by atoms with Gasteiger partial charge in [0.1, 0.15) is 5.75 Å². The van der Waals surface area contributed by atoms with E-state index in [1.54, 1.807) is 30.3 Å². The van der Waals surface area contributed by atoms with E-state index >= 15 is 0 Å². The molecule has 0 aliphatic carbocycles. The maximum absolute atomic E-state index is 12.0. The van der Waals surface area contributed by atoms with Crippen LogP contribution in [0.2, 0.25) is 0 Å². The largest absolute Gasteiger partial charge is 0.497 e. The van der Waals surface area contributed by atoms with Gasteiger partial charge < -0.3 is 9.47 Å². The van der Waals surface area contributed by atoms with Gasteiger partial charge in [0, 0.05) is 17.2 Å². The second-order valence-electron chi connectivity index (χ2n) is 4.62. The molecule has 124 valence electrons. The molecule has 0 aliphatic heterocycles. The normalized spacial score (nSPS) is 10.4. The molecule has 0 saturated heterocycles. The fourth-order valence-electron chi connectivity index (χ4n) is 1.92. The van der Waals surface area contributed by atoms with Gasteiger partial charge in [-0.2, -0.15) is 5.10 Å². The van der Waals surface area contributed by atoms with E-state index in [0.717, 1.165) is 0 Å². The molecule has 2 rings (SSSR count). The van der Waals surface area contributed by atoms with Gasteiger partial charge in [-0.15, -0.1) is 0 Å². The van der Waals surface area contributed by atoms with Gasteiger partial charge in [0.05, 0.1) is 25.4 Å². The number of amides is 1. The van der Waals surface area contributed by atoms with Crippen LogP contribution in [0.5, 0.6) is 11.5 Å². The molecule has 8 heteroatoms. The Labute approximate surface area is 137 Å². The van der Waals surface area contributed by atoms with Gasteiger partial charge in [0.25, 0.3) is 5.91 Å². The topological polar surface area (TPSA) is 103 Å². The Hall–Kier alpha value is -3.42. The number of ether oxygens (including phenoxy) is 2. The Balaban J connectivity index is 2.09. The van der Waals surface area contributed by atoms with Crippen LogP contribution in [0.4, 0.5) is 5.69 Å². The zero-order chi connectivity index (χ0) is 17.5. The third-order valence-electron chi connectivity index (χ3n) is 3.11. The molecule has 0 spiro atoms. The Morgan fingerprint density at radius 1 is 1.21 bits per heavy atom. The third-order valence-corrected chi connectivity index (χ3v) is 3.11. The van der Waals surface area contributed by atoms with Crippen molar-refractivity contribution in [1.82, 2.24) is 5.43 Å². The monoisotopic (exact) mass is 329 g/mol. The number of methoxy groups -OCH3 is 2. The molecular formula is C16H15N3O5. The van der Waals surface area contributed by atoms with Crippen molar-refractivity contribution in [2.45, 2.75) is 0 Å². The predicted octanol–water partition coefficient (Wildman–Crippen LogP) is 2.38. The van der Waals surface area contributed by atoms with Gasteiger partial charge in [-0.05, 0) is 30.3 Å². The molecule has 0 saturated carbocycles. The highest BCUT2D eigenvalue weighted by atomic mass is 16.6. The van der Waals surface area contributed by atoms with Crippen LogP contribution in [-0.4, -0.2) is 31.3 Å². The summed E-state index contributed by atoms with van der Waals surface area (Å²) in [6, 6.07) is 11.0. The van der Waals surface area contributed by atoms with Crippen LogP contribution >= 0.6 is 0 Å². The molecule has 0 fully saturated rings. The van der Waals surface area contributed by atoms with E-state index in [-0.39, 0.29) is 11.4 Å². The first-order valence-electron chi connectivity index (χ1n) is 6.85. The van der Waals surface area contributed by atoms with Gasteiger partial charge in [-0.1, -0.05) is 6.07 Å². The molecule has 0 aromatic heterocycles. The summed E-state index contributed by atoms with van der Waals surface area (Å²) in [5.41, 5.74) is 3.00. The summed E-state index contributed by atoms with van der Waals surface area (Å²) in [4.78, 5) is 22.4. The van der Waals surface area contributed by atoms with Crippen LogP contribution in [0.1, 0.15) is 15.9 Å². The van der Waals surface area contributed by atoms with E-state index in [9.17, 15) is 14.9 Å². The summed E-state index contributed by atoms with van der Waals surface area (Å²) < 4.78 is 9.96. The summed E-state index contributed by atoms with van der Waals surface area (Å²) in [7, 11) is 2.86. The fraction of sp³-hybridized carbons (Fsp3) is 0.125. The van der Waals surface area contributed by atoms with Crippen LogP contribution < -0.4 is 14.9 Å². The van der Waals surface area contributed by atoms with Crippen LogP contribution in [0.25, 0.3) is 0 Å². The van der Waals surface area contributed by atoms with Crippen LogP contribution in [-0.2, 0) is 0 Å². The van der Waals surface area contributed by atoms with E-state index in [1.165, 1.54) is 32.6 Å². The van der Waals surface area contributed by atoms with Gasteiger partial charge >= 0.3 is 5.69 Å². The standard InChI is InChI=1S/C16H15N3O5/c1-23-13-5-3-4-12(9-13)16(20)18-17-10-11-6-7-15(24-2)14(8-11)19(21)22/h3-10H,1-2H3,(H,18,20)/b17-10+. The number of nitro benzene ring substituents is 1. The zero-order valence-corrected chi connectivity index (χ0v) is 13.1. The molecule has 24 heavy (non-hydrogen) atoms. The Kier molecular flexibility index (Phi) is 5.45. The second kappa shape index (κ2) is 7.73. The van der Waals surface area contributed by atoms with E-state index in [4.69, 9.17) is 9.47 Å². The molecule has 0 bridgehead atoms. The maximum Gasteiger partial charge on any atom is 0.311 e. The minimum Gasteiger partial charge on any atom is -0.497 e. The first-order chi connectivity index (χ1) is 11.5. The summed E-state index contributed by atoms with van der Waals surface area (Å²) in [6.07, 6.45) is 1.31. The predicted molar refractivity (Wildman–Crippen MR) is 87.7 cm³/mol. The van der Waals surface area contributed by atoms with Crippen molar-refractivity contribution in [3.63, 3.8) is 0 Å². The number of nitrogens with zero attached hydrogens (tertiary/aromatic N) is 2. The molecule has 2 aromatic carbocycles. The number of carbonyl (C=O) groups excluding carboxylic acids is 1. The van der Waals surface area contributed by atoms with Gasteiger partial charge in [0.2, 0.25) is 0 Å². The molecule has 0 radical (unpaired) electrons. The third kappa shape index (κ3) is 4.07. The molecule has 0 aliphatic rings. The van der Waals surface area contributed by atoms with E-state index < -0.39 is 10.8 Å². The number of carbonyl (C=O) groups is 1. The van der Waals surface area contributed by atoms with Crippen molar-refractivity contribution >= 4 is 17.8 Å². The minimum atomic E-state index is -0.551. The number of rotatable bonds is 6. The zero-order valence-electron chi connectivity index (χ0n) is 13.1. The molecule has 1 N–H and O–H groups in total. The van der Waals surface area contributed by atoms with E-state index in [1.807, 2.05) is 0 Å². The number of benzene rings is 2. The highest BCUT2D eigenvalue weighted by Gasteiger charge is 2.14. The first-order valence-corrected chi connectivity index (χ1v) is 6.85. The molecule has 0 unspecified atom stereocenters. The number of hydrazone groups is 1. The van der Waals surface area contributed by atoms with Gasteiger partial charge in [-0.25, -0.2) is 5.43 Å². The van der Waals surface area contributed by atoms with Crippen molar-refractivity contribution < 1.29 is 19.2 Å². The number of nitro groups is 1. The Bertz CT molecular complexity index is 789. The molecule has 2 aromatic rings. The lowest BCUT2D eigenvalue weighted by molar-refractivity contribution is -0.385. The second-order valence-corrected chi connectivity index (χ2v) is 4.62. The smallest absolute Gasteiger partial charge is 0.311 e. The highest BCUT2D eigenvalue weighted by Crippen LogP contribution is 2.26. The Morgan fingerprint density at radius 2 is 2.00 bits per heavy atom. The summed E-state index contributed by atoms with van der Waals surface area (Å²) >= 11 is 0. The molecular weight excluding hydrogens is 314 g/mol. The van der Waals surface area contributed by atoms with Crippen LogP contribution in [0.3, 0.4) is 0 Å². The van der Waals surface area contributed by atoms with Gasteiger partial charge in [0.15, 0.2) is 5.75 Å². The maximum atomic E-state index is 12.0. The molecule has 1 amide bonds. The molecule has 0 heterocycles. The van der Waals surface area contributed by atoms with E-state index in [2.05, 4.69) is 10.5 Å². The lowest BCUT2D eigenvalue weighted by Gasteiger charge is -2.03. The average Bonchev–Trinajstić information content (AvgIpc) is 2.61. The minimum absolute atomic E-state index is 0.151. The van der Waals surface area contributed by atoms with Crippen LogP contribution in [0, 0.1) is 10.1 Å². The quantitative estimate of drug-likeness (QED) is 0.498. The molecule has 8 nitrogen and oxygen atoms in total. The number of hydrogen-bond donors (Lipinski definition) is 1. The summed E-state index contributed by atoms with van der Waals surface area (Å²) in [5.74, 6) is 0.281. The van der Waals surface area contributed by atoms with Crippen molar-refractivity contribution in [2.24, 2.45) is 5.10 Å². The van der Waals surface area contributed by atoms with Crippen molar-refractivity contribution in [1.29, 1.82) is 0 Å². The lowest BCUT2D eigenvalue weighted by Crippen LogP contribution is -2.17. The SMILES string of the molecule is COc1cccc(C(=O)N/N=C/c2ccc(OC)c([N+](=O)[O-])c2)c1. The van der Waals surface area contributed by atoms with Crippen molar-refractivity contribution in [3.05, 3.63) is 63.7 Å². The van der Waals surface area contributed by atoms with Crippen molar-refractivity contribution in [3.8, 4) is 11.5 Å². The average molecular weight is 329 g/mol. The lowest BCUT2D eigenvalue weighted by atomic mass is 10.2. The number of nitrogens with one attached hydrogen (secondary N) is 1. The highest BCUT2D eigenvalue weighted by molar-refractivity contribution is 5.95. The van der Waals surface area contributed by atoms with Crippen LogP contribution in [0.15, 0.2) is 47.6 Å². The van der Waals surface area contributed by atoms with Gasteiger partial charge in [-0.3, -0.25) is 14.9 Å². The van der Waals surface area contributed by atoms with E-state index in [0.29, 0.717) is 16.9 Å².